The van der Waals surface area contributed by atoms with Gasteiger partial charge in [0.05, 0.1) is 13.9 Å². The van der Waals surface area contributed by atoms with Crippen molar-refractivity contribution in [2.45, 2.75) is 30.9 Å². The molecule has 0 radical (unpaired) electrons. The van der Waals surface area contributed by atoms with Gasteiger partial charge in [-0.1, -0.05) is 12.1 Å². The van der Waals surface area contributed by atoms with Crippen LogP contribution in [0.25, 0.3) is 0 Å². The summed E-state index contributed by atoms with van der Waals surface area (Å²) >= 11 is 0. The van der Waals surface area contributed by atoms with E-state index in [0.29, 0.717) is 24.5 Å². The smallest absolute Gasteiger partial charge is 0.166 e. The number of rotatable bonds is 1. The Kier molecular flexibility index (Phi) is 2.07. The molecule has 1 aliphatic carbocycles. The van der Waals surface area contributed by atoms with Crippen molar-refractivity contribution in [3.05, 3.63) is 35.4 Å². The minimum absolute atomic E-state index is 0.272. The molecule has 2 unspecified atom stereocenters. The molecule has 0 saturated heterocycles. The van der Waals surface area contributed by atoms with E-state index in [1.807, 2.05) is 19.2 Å². The molecule has 0 N–H and O–H groups in total. The molecule has 0 amide bonds. The van der Waals surface area contributed by atoms with E-state index in [0.717, 1.165) is 17.7 Å². The molecular weight excluding hydrogens is 266 g/mol. The van der Waals surface area contributed by atoms with Gasteiger partial charge in [-0.2, -0.15) is 0 Å². The maximum absolute atomic E-state index is 12.3. The van der Waals surface area contributed by atoms with Crippen LogP contribution in [0.3, 0.4) is 0 Å². The van der Waals surface area contributed by atoms with Crippen molar-refractivity contribution in [2.75, 3.05) is 20.7 Å². The summed E-state index contributed by atoms with van der Waals surface area (Å²) in [6.07, 6.45) is -1.01. The quantitative estimate of drug-likeness (QED) is 0.793. The van der Waals surface area contributed by atoms with Gasteiger partial charge in [0, 0.05) is 21.2 Å². The summed E-state index contributed by atoms with van der Waals surface area (Å²) in [5.74, 6) is 0.234. The third-order valence-corrected chi connectivity index (χ3v) is 4.67. The van der Waals surface area contributed by atoms with Gasteiger partial charge in [0.15, 0.2) is 17.3 Å². The molecule has 0 saturated carbocycles. The van der Waals surface area contributed by atoms with E-state index in [1.165, 1.54) is 0 Å². The van der Waals surface area contributed by atoms with Crippen LogP contribution in [0.1, 0.15) is 28.0 Å². The number of ether oxygens (including phenoxy) is 2. The molecule has 1 aromatic carbocycles. The lowest BCUT2D eigenvalue weighted by Gasteiger charge is -2.33. The van der Waals surface area contributed by atoms with Crippen molar-refractivity contribution in [1.82, 2.24) is 4.90 Å². The van der Waals surface area contributed by atoms with Gasteiger partial charge in [-0.25, -0.2) is 0 Å². The van der Waals surface area contributed by atoms with E-state index in [-0.39, 0.29) is 6.05 Å². The number of carbonyl (C=O) groups is 1. The average molecular weight is 288 g/mol. The highest BCUT2D eigenvalue weighted by atomic mass is 16.5. The monoisotopic (exact) mass is 288 g/mol. The molecule has 3 aliphatic rings. The molecule has 21 heavy (non-hydrogen) atoms. The zero-order valence-electron chi connectivity index (χ0n) is 15.1. The van der Waals surface area contributed by atoms with Crippen LogP contribution in [0.15, 0.2) is 24.3 Å². The minimum atomic E-state index is -2.24. The normalized spacial score (nSPS) is 35.3. The second-order valence-corrected chi connectivity index (χ2v) is 5.92. The fourth-order valence-electron chi connectivity index (χ4n) is 3.61. The first-order chi connectivity index (χ1) is 11.3. The summed E-state index contributed by atoms with van der Waals surface area (Å²) in [7, 11) is 3.56. The lowest BCUT2D eigenvalue weighted by molar-refractivity contribution is -0.117. The Morgan fingerprint density at radius 2 is 2.43 bits per heavy atom. The van der Waals surface area contributed by atoms with Crippen LogP contribution in [-0.4, -0.2) is 37.5 Å². The van der Waals surface area contributed by atoms with Crippen molar-refractivity contribution < 1.29 is 18.4 Å². The molecule has 4 rings (SSSR count). The van der Waals surface area contributed by atoms with Crippen molar-refractivity contribution in [2.24, 2.45) is 0 Å². The Morgan fingerprint density at radius 3 is 3.24 bits per heavy atom. The van der Waals surface area contributed by atoms with E-state index in [4.69, 9.17) is 13.6 Å². The van der Waals surface area contributed by atoms with Crippen LogP contribution < -0.4 is 9.47 Å². The zero-order valence-corrected chi connectivity index (χ0v) is 12.1. The van der Waals surface area contributed by atoms with Crippen LogP contribution in [0.2, 0.25) is 0 Å². The van der Waals surface area contributed by atoms with Crippen LogP contribution >= 0.6 is 0 Å². The van der Waals surface area contributed by atoms with Gasteiger partial charge < -0.3 is 14.4 Å². The molecule has 4 heteroatoms. The SMILES string of the molecule is [2H]C1=CC23CCN(C)Cc4ccc(OC)c(c42)OC3C([2H])([2H])C1=O. The molecule has 2 aliphatic heterocycles. The number of allylic oxidation sites excluding steroid dienone is 1. The number of benzene rings is 1. The van der Waals surface area contributed by atoms with Gasteiger partial charge in [0.1, 0.15) is 6.10 Å². The third kappa shape index (κ3) is 1.69. The van der Waals surface area contributed by atoms with Gasteiger partial charge in [-0.05, 0) is 37.7 Å². The Balaban J connectivity index is 2.04. The molecule has 4 nitrogen and oxygen atoms in total. The standard InChI is InChI=1S/C17H19NO3/c1-18-8-7-17-6-5-12(19)9-14(17)21-16-13(20-2)4-3-11(10-18)15(16)17/h3-6,14H,7-10H2,1-2H3/i5D,9D2. The van der Waals surface area contributed by atoms with Crippen molar-refractivity contribution in [3.8, 4) is 11.5 Å². The molecule has 110 valence electrons. The van der Waals surface area contributed by atoms with E-state index in [2.05, 4.69) is 4.90 Å². The average Bonchev–Trinajstić information content (AvgIpc) is 2.81. The summed E-state index contributed by atoms with van der Waals surface area (Å²) in [5.41, 5.74) is 1.10. The predicted octanol–water partition coefficient (Wildman–Crippen LogP) is 2.06. The highest BCUT2D eigenvalue weighted by Gasteiger charge is 2.52. The van der Waals surface area contributed by atoms with Crippen molar-refractivity contribution in [1.29, 1.82) is 0 Å². The Morgan fingerprint density at radius 1 is 1.57 bits per heavy atom. The second kappa shape index (κ2) is 4.34. The number of nitrogens with zero attached hydrogens (tertiary/aromatic N) is 1. The van der Waals surface area contributed by atoms with Gasteiger partial charge >= 0.3 is 0 Å². The lowest BCUT2D eigenvalue weighted by Crippen LogP contribution is -2.41. The van der Waals surface area contributed by atoms with E-state index in [9.17, 15) is 4.79 Å². The summed E-state index contributed by atoms with van der Waals surface area (Å²) < 4.78 is 36.1. The maximum Gasteiger partial charge on any atom is 0.166 e. The third-order valence-electron chi connectivity index (χ3n) is 4.67. The molecule has 2 heterocycles. The number of hydrogen-bond acceptors (Lipinski definition) is 4. The van der Waals surface area contributed by atoms with Crippen molar-refractivity contribution >= 4 is 5.78 Å². The summed E-state index contributed by atoms with van der Waals surface area (Å²) in [5, 5.41) is 0. The Bertz CT molecular complexity index is 777. The number of carbonyl (C=O) groups excluding carboxylic acids is 1. The van der Waals surface area contributed by atoms with Gasteiger partial charge in [-0.15, -0.1) is 0 Å². The van der Waals surface area contributed by atoms with Crippen LogP contribution in [0.4, 0.5) is 0 Å². The molecule has 2 atom stereocenters. The number of hydrogen-bond donors (Lipinski definition) is 0. The van der Waals surface area contributed by atoms with Gasteiger partial charge in [0.25, 0.3) is 0 Å². The second-order valence-electron chi connectivity index (χ2n) is 5.92. The summed E-state index contributed by atoms with van der Waals surface area (Å²) in [6.45, 7) is 1.44. The molecule has 0 aromatic heterocycles. The summed E-state index contributed by atoms with van der Waals surface area (Å²) in [4.78, 5) is 14.4. The molecule has 0 bridgehead atoms. The van der Waals surface area contributed by atoms with E-state index < -0.39 is 23.7 Å². The van der Waals surface area contributed by atoms with Crippen molar-refractivity contribution in [3.63, 3.8) is 0 Å². The largest absolute Gasteiger partial charge is 0.493 e. The fraction of sp³-hybridized carbons (Fsp3) is 0.471. The van der Waals surface area contributed by atoms with Crippen LogP contribution in [0, 0.1) is 0 Å². The van der Waals surface area contributed by atoms with E-state index in [1.54, 1.807) is 13.2 Å². The van der Waals surface area contributed by atoms with Crippen LogP contribution in [0.5, 0.6) is 11.5 Å². The molecule has 0 fully saturated rings. The first-order valence-electron chi connectivity index (χ1n) is 8.61. The zero-order chi connectivity index (χ0) is 17.3. The summed E-state index contributed by atoms with van der Waals surface area (Å²) in [6, 6.07) is 3.52. The molecular formula is C17H19NO3. The van der Waals surface area contributed by atoms with Crippen LogP contribution in [-0.2, 0) is 16.8 Å². The predicted molar refractivity (Wildman–Crippen MR) is 78.8 cm³/mol. The number of ketones is 1. The first-order valence-corrected chi connectivity index (χ1v) is 7.11. The fourth-order valence-corrected chi connectivity index (χ4v) is 3.61. The Labute approximate surface area is 128 Å². The topological polar surface area (TPSA) is 38.8 Å². The maximum atomic E-state index is 12.3. The lowest BCUT2D eigenvalue weighted by atomic mass is 9.69. The van der Waals surface area contributed by atoms with Gasteiger partial charge in [-0.3, -0.25) is 4.79 Å². The Hall–Kier alpha value is -1.81. The van der Waals surface area contributed by atoms with E-state index >= 15 is 0 Å². The van der Waals surface area contributed by atoms with Gasteiger partial charge in [0.2, 0.25) is 0 Å². The highest BCUT2D eigenvalue weighted by molar-refractivity contribution is 5.92. The molecule has 1 spiro atoms. The molecule has 1 aromatic rings. The number of methoxy groups -OCH3 is 1. The minimum Gasteiger partial charge on any atom is -0.493 e. The highest BCUT2D eigenvalue weighted by Crippen LogP contribution is 2.55. The first kappa shape index (κ1) is 10.0.